The molecule has 2 atom stereocenters. The van der Waals surface area contributed by atoms with E-state index in [1.54, 1.807) is 16.7 Å². The fraction of sp³-hybridized carbons (Fsp3) is 0.600. The summed E-state index contributed by atoms with van der Waals surface area (Å²) in [5.41, 5.74) is 1.15. The maximum Gasteiger partial charge on any atom is 0.140 e. The molecule has 1 aliphatic rings. The minimum Gasteiger partial charge on any atom is -0.372 e. The molecule has 2 unspecified atom stereocenters. The Bertz CT molecular complexity index is 393. The lowest BCUT2D eigenvalue weighted by Gasteiger charge is -2.17. The van der Waals surface area contributed by atoms with Gasteiger partial charge in [0.1, 0.15) is 10.5 Å². The predicted molar refractivity (Wildman–Crippen MR) is 69.4 cm³/mol. The molecule has 1 fully saturated rings. The van der Waals surface area contributed by atoms with Crippen molar-refractivity contribution in [2.24, 2.45) is 0 Å². The van der Waals surface area contributed by atoms with Crippen LogP contribution in [0.5, 0.6) is 0 Å². The maximum absolute atomic E-state index is 9.94. The number of aromatic nitrogens is 2. The van der Waals surface area contributed by atoms with Gasteiger partial charge in [-0.1, -0.05) is 24.0 Å². The molecule has 1 aromatic heterocycles. The molecule has 1 aromatic rings. The average molecular weight is 257 g/mol. The van der Waals surface area contributed by atoms with E-state index in [0.717, 1.165) is 22.8 Å². The lowest BCUT2D eigenvalue weighted by Crippen LogP contribution is -2.33. The van der Waals surface area contributed by atoms with Gasteiger partial charge >= 0.3 is 0 Å². The summed E-state index contributed by atoms with van der Waals surface area (Å²) in [5.74, 6) is 0. The van der Waals surface area contributed by atoms with Gasteiger partial charge in [-0.05, 0) is 18.9 Å². The van der Waals surface area contributed by atoms with E-state index >= 15 is 0 Å². The first-order valence-corrected chi connectivity index (χ1v) is 6.53. The molecule has 1 aliphatic heterocycles. The van der Waals surface area contributed by atoms with Crippen molar-refractivity contribution < 1.29 is 5.11 Å². The van der Waals surface area contributed by atoms with Crippen LogP contribution in [0.25, 0.3) is 0 Å². The molecule has 0 aromatic carbocycles. The molecular formula is C10H15N3OS2. The molecule has 1 N–H and O–H groups in total. The zero-order valence-corrected chi connectivity index (χ0v) is 11.0. The van der Waals surface area contributed by atoms with Crippen LogP contribution in [0.2, 0.25) is 0 Å². The topological polar surface area (TPSA) is 41.3 Å². The Morgan fingerprint density at radius 3 is 2.88 bits per heavy atom. The van der Waals surface area contributed by atoms with Gasteiger partial charge < -0.3 is 10.0 Å². The minimum atomic E-state index is -0.484. The minimum absolute atomic E-state index is 0.118. The second-order valence-corrected chi connectivity index (χ2v) is 5.73. The first-order valence-electron chi connectivity index (χ1n) is 5.24. The Balaban J connectivity index is 2.02. The quantitative estimate of drug-likeness (QED) is 0.821. The molecule has 4 nitrogen and oxygen atoms in total. The number of rotatable bonds is 3. The predicted octanol–water partition coefficient (Wildman–Crippen LogP) is 1.10. The number of thioether (sulfide) groups is 1. The van der Waals surface area contributed by atoms with Gasteiger partial charge in [0.2, 0.25) is 0 Å². The summed E-state index contributed by atoms with van der Waals surface area (Å²) in [4.78, 5) is 1.74. The van der Waals surface area contributed by atoms with Gasteiger partial charge in [-0.2, -0.15) is 5.10 Å². The monoisotopic (exact) mass is 257 g/mol. The molecule has 0 spiro atoms. The Hall–Kier alpha value is -0.590. The van der Waals surface area contributed by atoms with E-state index in [9.17, 15) is 5.11 Å². The second kappa shape index (κ2) is 4.73. The van der Waals surface area contributed by atoms with Crippen molar-refractivity contribution in [1.29, 1.82) is 0 Å². The fourth-order valence-corrected chi connectivity index (χ4v) is 3.29. The first-order chi connectivity index (χ1) is 7.61. The Kier molecular flexibility index (Phi) is 3.51. The molecule has 2 rings (SSSR count). The Labute approximate surface area is 105 Å². The highest BCUT2D eigenvalue weighted by molar-refractivity contribution is 8.23. The van der Waals surface area contributed by atoms with Gasteiger partial charge in [-0.15, -0.1) is 0 Å². The fourth-order valence-electron chi connectivity index (χ4n) is 1.70. The SMILES string of the molecule is CCn1cc(CC2SC(=S)N(C)C2O)cn1. The number of aliphatic hydroxyl groups is 1. The highest BCUT2D eigenvalue weighted by Gasteiger charge is 2.34. The third kappa shape index (κ3) is 2.23. The molecule has 16 heavy (non-hydrogen) atoms. The highest BCUT2D eigenvalue weighted by Crippen LogP contribution is 2.31. The number of aryl methyl sites for hydroxylation is 1. The maximum atomic E-state index is 9.94. The summed E-state index contributed by atoms with van der Waals surface area (Å²) < 4.78 is 2.66. The summed E-state index contributed by atoms with van der Waals surface area (Å²) in [6.07, 6.45) is 4.20. The molecule has 0 saturated carbocycles. The first kappa shape index (κ1) is 11.9. The summed E-state index contributed by atoms with van der Waals surface area (Å²) in [6.45, 7) is 2.93. The number of aliphatic hydroxyl groups excluding tert-OH is 1. The van der Waals surface area contributed by atoms with Crippen molar-refractivity contribution in [2.75, 3.05) is 7.05 Å². The van der Waals surface area contributed by atoms with Gasteiger partial charge in [0.25, 0.3) is 0 Å². The largest absolute Gasteiger partial charge is 0.372 e. The van der Waals surface area contributed by atoms with E-state index in [1.807, 2.05) is 24.1 Å². The summed E-state index contributed by atoms with van der Waals surface area (Å²) >= 11 is 6.71. The van der Waals surface area contributed by atoms with Crippen molar-refractivity contribution in [1.82, 2.24) is 14.7 Å². The van der Waals surface area contributed by atoms with Crippen LogP contribution in [-0.2, 0) is 13.0 Å². The zero-order chi connectivity index (χ0) is 11.7. The van der Waals surface area contributed by atoms with Crippen molar-refractivity contribution >= 4 is 28.3 Å². The zero-order valence-electron chi connectivity index (χ0n) is 9.33. The molecule has 0 bridgehead atoms. The van der Waals surface area contributed by atoms with Crippen LogP contribution in [0.15, 0.2) is 12.4 Å². The molecule has 2 heterocycles. The highest BCUT2D eigenvalue weighted by atomic mass is 32.2. The van der Waals surface area contributed by atoms with Gasteiger partial charge in [-0.25, -0.2) is 0 Å². The van der Waals surface area contributed by atoms with Crippen LogP contribution < -0.4 is 0 Å². The van der Waals surface area contributed by atoms with Crippen molar-refractivity contribution in [2.45, 2.75) is 31.4 Å². The van der Waals surface area contributed by atoms with E-state index in [1.165, 1.54) is 0 Å². The third-order valence-corrected chi connectivity index (χ3v) is 4.50. The molecule has 0 amide bonds. The van der Waals surface area contributed by atoms with Crippen LogP contribution in [0.3, 0.4) is 0 Å². The summed E-state index contributed by atoms with van der Waals surface area (Å²) in [5, 5.41) is 14.3. The normalized spacial score (nSPS) is 25.4. The van der Waals surface area contributed by atoms with E-state index in [-0.39, 0.29) is 5.25 Å². The standard InChI is InChI=1S/C10H15N3OS2/c1-3-13-6-7(5-11-13)4-8-9(14)12(2)10(15)16-8/h5-6,8-9,14H,3-4H2,1-2H3. The lowest BCUT2D eigenvalue weighted by atomic mass is 10.2. The Morgan fingerprint density at radius 1 is 1.62 bits per heavy atom. The van der Waals surface area contributed by atoms with Crippen molar-refractivity contribution in [3.63, 3.8) is 0 Å². The second-order valence-electron chi connectivity index (χ2n) is 3.86. The van der Waals surface area contributed by atoms with E-state index in [2.05, 4.69) is 12.0 Å². The van der Waals surface area contributed by atoms with Gasteiger partial charge in [0.05, 0.1) is 11.4 Å². The summed E-state index contributed by atoms with van der Waals surface area (Å²) in [6, 6.07) is 0. The van der Waals surface area contributed by atoms with Gasteiger partial charge in [-0.3, -0.25) is 4.68 Å². The molecule has 6 heteroatoms. The van der Waals surface area contributed by atoms with Crippen molar-refractivity contribution in [3.05, 3.63) is 18.0 Å². The van der Waals surface area contributed by atoms with Crippen LogP contribution in [0.4, 0.5) is 0 Å². The van der Waals surface area contributed by atoms with Crippen molar-refractivity contribution in [3.8, 4) is 0 Å². The smallest absolute Gasteiger partial charge is 0.140 e. The molecule has 1 saturated heterocycles. The van der Waals surface area contributed by atoms with Crippen LogP contribution in [0, 0.1) is 0 Å². The van der Waals surface area contributed by atoms with E-state index in [4.69, 9.17) is 12.2 Å². The summed E-state index contributed by atoms with van der Waals surface area (Å²) in [7, 11) is 1.83. The van der Waals surface area contributed by atoms with Crippen LogP contribution in [0.1, 0.15) is 12.5 Å². The molecular weight excluding hydrogens is 242 g/mol. The number of hydrogen-bond donors (Lipinski definition) is 1. The van der Waals surface area contributed by atoms with Crippen LogP contribution in [-0.4, -0.2) is 42.6 Å². The molecule has 0 aliphatic carbocycles. The number of nitrogens with zero attached hydrogens (tertiary/aromatic N) is 3. The van der Waals surface area contributed by atoms with Crippen LogP contribution >= 0.6 is 24.0 Å². The van der Waals surface area contributed by atoms with Gasteiger partial charge in [0, 0.05) is 19.8 Å². The number of hydrogen-bond acceptors (Lipinski definition) is 4. The van der Waals surface area contributed by atoms with E-state index in [0.29, 0.717) is 0 Å². The average Bonchev–Trinajstić information content (AvgIpc) is 2.81. The van der Waals surface area contributed by atoms with E-state index < -0.39 is 6.23 Å². The molecule has 88 valence electrons. The lowest BCUT2D eigenvalue weighted by molar-refractivity contribution is 0.0771. The Morgan fingerprint density at radius 2 is 2.38 bits per heavy atom. The van der Waals surface area contributed by atoms with Gasteiger partial charge in [0.15, 0.2) is 0 Å². The molecule has 0 radical (unpaired) electrons. The third-order valence-electron chi connectivity index (χ3n) is 2.72. The number of thiocarbonyl (C=S) groups is 1.